The lowest BCUT2D eigenvalue weighted by Crippen LogP contribution is -2.10. The van der Waals surface area contributed by atoms with Gasteiger partial charge in [0.15, 0.2) is 0 Å². The molecule has 318 valence electrons. The van der Waals surface area contributed by atoms with Gasteiger partial charge in [0.05, 0.1) is 0 Å². The van der Waals surface area contributed by atoms with E-state index in [9.17, 15) is 0 Å². The van der Waals surface area contributed by atoms with E-state index in [0.717, 1.165) is 61.3 Å². The molecule has 0 fully saturated rings. The molecule has 13 aromatic rings. The minimum atomic E-state index is 0.893. The lowest BCUT2D eigenvalue weighted by Gasteiger charge is -2.27. The van der Waals surface area contributed by atoms with Gasteiger partial charge < -0.3 is 9.32 Å². The highest BCUT2D eigenvalue weighted by molar-refractivity contribution is 6.21. The van der Waals surface area contributed by atoms with Crippen LogP contribution in [0.3, 0.4) is 0 Å². The third-order valence-electron chi connectivity index (χ3n) is 13.6. The number of hydrogen-bond donors (Lipinski definition) is 0. The van der Waals surface area contributed by atoms with Crippen molar-refractivity contribution in [2.75, 3.05) is 4.90 Å². The van der Waals surface area contributed by atoms with Crippen LogP contribution in [0, 0.1) is 0 Å². The summed E-state index contributed by atoms with van der Waals surface area (Å²) in [5.74, 6) is 0. The highest BCUT2D eigenvalue weighted by atomic mass is 16.3. The Morgan fingerprint density at radius 3 is 1.38 bits per heavy atom. The summed E-state index contributed by atoms with van der Waals surface area (Å²) in [5.41, 5.74) is 16.8. The van der Waals surface area contributed by atoms with E-state index in [-0.39, 0.29) is 0 Å². The van der Waals surface area contributed by atoms with E-state index in [2.05, 4.69) is 254 Å². The molecule has 0 unspecified atom stereocenters. The Hall–Kier alpha value is -8.98. The Morgan fingerprint density at radius 1 is 0.221 bits per heavy atom. The molecule has 0 atom stereocenters. The molecular formula is C66H43NO. The van der Waals surface area contributed by atoms with Crippen LogP contribution in [0.25, 0.3) is 110 Å². The number of anilines is 3. The zero-order chi connectivity index (χ0) is 45.0. The van der Waals surface area contributed by atoms with Crippen molar-refractivity contribution in [1.82, 2.24) is 0 Å². The molecule has 0 aliphatic carbocycles. The SMILES string of the molecule is c1ccc(-c2c(-c3cccc(N(c4ccc(-c5ccc(-c6ccc7ccccc7c6)cc5)cc4)c4cccc(-c5ccc6oc7ccccc7c6c5)c4)c3)c3ccccc3c3ccccc23)cc1. The van der Waals surface area contributed by atoms with E-state index in [1.807, 2.05) is 12.1 Å². The maximum atomic E-state index is 6.23. The molecule has 0 spiro atoms. The fourth-order valence-electron chi connectivity index (χ4n) is 10.4. The van der Waals surface area contributed by atoms with Crippen LogP contribution >= 0.6 is 0 Å². The molecule has 0 aliphatic rings. The second-order valence-corrected chi connectivity index (χ2v) is 17.6. The fourth-order valence-corrected chi connectivity index (χ4v) is 10.4. The van der Waals surface area contributed by atoms with Gasteiger partial charge in [0.1, 0.15) is 11.2 Å². The highest BCUT2D eigenvalue weighted by Crippen LogP contribution is 2.47. The molecule has 0 saturated heterocycles. The highest BCUT2D eigenvalue weighted by Gasteiger charge is 2.20. The Bertz CT molecular complexity index is 4010. The Labute approximate surface area is 395 Å². The molecule has 0 saturated carbocycles. The van der Waals surface area contributed by atoms with Crippen molar-refractivity contribution in [3.05, 3.63) is 261 Å². The Balaban J connectivity index is 0.948. The summed E-state index contributed by atoms with van der Waals surface area (Å²) in [4.78, 5) is 2.40. The number of rotatable bonds is 8. The normalized spacial score (nSPS) is 11.5. The van der Waals surface area contributed by atoms with Gasteiger partial charge in [0.2, 0.25) is 0 Å². The van der Waals surface area contributed by atoms with Crippen LogP contribution < -0.4 is 4.90 Å². The number of fused-ring (bicyclic) bond motifs is 7. The van der Waals surface area contributed by atoms with E-state index < -0.39 is 0 Å². The molecule has 2 heteroatoms. The van der Waals surface area contributed by atoms with E-state index in [0.29, 0.717) is 0 Å². The average molecular weight is 866 g/mol. The molecule has 0 N–H and O–H groups in total. The van der Waals surface area contributed by atoms with Crippen molar-refractivity contribution in [2.24, 2.45) is 0 Å². The number of para-hydroxylation sites is 1. The molecule has 2 nitrogen and oxygen atoms in total. The van der Waals surface area contributed by atoms with Gasteiger partial charge in [-0.1, -0.05) is 200 Å². The number of benzene rings is 12. The van der Waals surface area contributed by atoms with Crippen LogP contribution in [0.2, 0.25) is 0 Å². The minimum Gasteiger partial charge on any atom is -0.456 e. The van der Waals surface area contributed by atoms with Gasteiger partial charge in [-0.05, 0) is 149 Å². The van der Waals surface area contributed by atoms with Gasteiger partial charge in [-0.25, -0.2) is 0 Å². The first kappa shape index (κ1) is 39.4. The first-order valence-corrected chi connectivity index (χ1v) is 23.3. The van der Waals surface area contributed by atoms with E-state index >= 15 is 0 Å². The summed E-state index contributed by atoms with van der Waals surface area (Å²) >= 11 is 0. The summed E-state index contributed by atoms with van der Waals surface area (Å²) in [6.07, 6.45) is 0. The smallest absolute Gasteiger partial charge is 0.135 e. The summed E-state index contributed by atoms with van der Waals surface area (Å²) in [5, 5.41) is 9.72. The zero-order valence-electron chi connectivity index (χ0n) is 37.2. The zero-order valence-corrected chi connectivity index (χ0v) is 37.2. The fraction of sp³-hybridized carbons (Fsp3) is 0. The largest absolute Gasteiger partial charge is 0.456 e. The van der Waals surface area contributed by atoms with Crippen molar-refractivity contribution >= 4 is 71.3 Å². The van der Waals surface area contributed by atoms with Crippen LogP contribution in [-0.4, -0.2) is 0 Å². The summed E-state index contributed by atoms with van der Waals surface area (Å²) < 4.78 is 6.23. The molecule has 0 amide bonds. The van der Waals surface area contributed by atoms with Crippen LogP contribution in [0.15, 0.2) is 265 Å². The van der Waals surface area contributed by atoms with Gasteiger partial charge in [-0.2, -0.15) is 0 Å². The van der Waals surface area contributed by atoms with E-state index in [4.69, 9.17) is 4.42 Å². The second-order valence-electron chi connectivity index (χ2n) is 17.6. The van der Waals surface area contributed by atoms with Crippen molar-refractivity contribution in [1.29, 1.82) is 0 Å². The molecule has 0 aliphatic heterocycles. The van der Waals surface area contributed by atoms with Crippen molar-refractivity contribution < 1.29 is 4.42 Å². The minimum absolute atomic E-state index is 0.893. The topological polar surface area (TPSA) is 16.4 Å². The van der Waals surface area contributed by atoms with E-state index in [1.54, 1.807) is 0 Å². The summed E-state index contributed by atoms with van der Waals surface area (Å²) in [7, 11) is 0. The van der Waals surface area contributed by atoms with Crippen LogP contribution in [0.5, 0.6) is 0 Å². The first-order chi connectivity index (χ1) is 33.7. The summed E-state index contributed by atoms with van der Waals surface area (Å²) in [6, 6.07) is 94.6. The monoisotopic (exact) mass is 865 g/mol. The lowest BCUT2D eigenvalue weighted by atomic mass is 9.85. The molecule has 13 rings (SSSR count). The molecule has 68 heavy (non-hydrogen) atoms. The van der Waals surface area contributed by atoms with Crippen LogP contribution in [0.4, 0.5) is 17.1 Å². The predicted octanol–water partition coefficient (Wildman–Crippen LogP) is 18.9. The maximum absolute atomic E-state index is 6.23. The standard InChI is InChI=1S/C66H43NO/c1-2-15-48(16-3-1)65-60-25-8-6-22-57(60)58-23-7-9-26-61(58)66(65)53-19-13-21-56(42-53)67(55-20-12-18-50(41-55)52-36-39-64-62(43-52)59-24-10-11-27-63(59)68-64)54-37-34-46(35-38-54)45-28-30-47(31-29-45)51-33-32-44-14-4-5-17-49(44)40-51/h1-43H. The molecular weight excluding hydrogens is 823 g/mol. The van der Waals surface area contributed by atoms with Gasteiger partial charge in [0, 0.05) is 27.8 Å². The molecule has 12 aromatic carbocycles. The van der Waals surface area contributed by atoms with Crippen LogP contribution in [-0.2, 0) is 0 Å². The Kier molecular flexibility index (Phi) is 9.54. The third kappa shape index (κ3) is 6.90. The van der Waals surface area contributed by atoms with Crippen molar-refractivity contribution in [2.45, 2.75) is 0 Å². The van der Waals surface area contributed by atoms with Gasteiger partial charge in [-0.15, -0.1) is 0 Å². The van der Waals surface area contributed by atoms with E-state index in [1.165, 1.54) is 65.7 Å². The average Bonchev–Trinajstić information content (AvgIpc) is 3.79. The van der Waals surface area contributed by atoms with Gasteiger partial charge in [0.25, 0.3) is 0 Å². The number of furan rings is 1. The second kappa shape index (κ2) is 16.5. The Morgan fingerprint density at radius 2 is 0.676 bits per heavy atom. The van der Waals surface area contributed by atoms with Crippen LogP contribution in [0.1, 0.15) is 0 Å². The van der Waals surface area contributed by atoms with Gasteiger partial charge >= 0.3 is 0 Å². The van der Waals surface area contributed by atoms with Crippen molar-refractivity contribution in [3.8, 4) is 55.6 Å². The predicted molar refractivity (Wildman–Crippen MR) is 288 cm³/mol. The molecule has 1 aromatic heterocycles. The lowest BCUT2D eigenvalue weighted by molar-refractivity contribution is 0.669. The quantitative estimate of drug-likeness (QED) is 0.142. The maximum Gasteiger partial charge on any atom is 0.135 e. The molecule has 0 bridgehead atoms. The van der Waals surface area contributed by atoms with Crippen molar-refractivity contribution in [3.63, 3.8) is 0 Å². The number of nitrogens with zero attached hydrogens (tertiary/aromatic N) is 1. The molecule has 1 heterocycles. The third-order valence-corrected chi connectivity index (χ3v) is 13.6. The first-order valence-electron chi connectivity index (χ1n) is 23.3. The number of hydrogen-bond acceptors (Lipinski definition) is 2. The summed E-state index contributed by atoms with van der Waals surface area (Å²) in [6.45, 7) is 0. The van der Waals surface area contributed by atoms with Gasteiger partial charge in [-0.3, -0.25) is 0 Å². The molecule has 0 radical (unpaired) electrons.